The maximum atomic E-state index is 12.7. The van der Waals surface area contributed by atoms with Gasteiger partial charge < -0.3 is 9.47 Å². The van der Waals surface area contributed by atoms with Crippen molar-refractivity contribution in [2.75, 3.05) is 13.4 Å². The minimum Gasteiger partial charge on any atom is -0.451 e. The molecule has 1 aromatic heterocycles. The molecule has 5 heteroatoms. The second kappa shape index (κ2) is 5.93. The summed E-state index contributed by atoms with van der Waals surface area (Å²) in [5.74, 6) is -0.0683. The molecule has 0 amide bonds. The Hall–Kier alpha value is -0.680. The van der Waals surface area contributed by atoms with Gasteiger partial charge in [-0.3, -0.25) is 0 Å². The van der Waals surface area contributed by atoms with E-state index in [1.165, 1.54) is 12.1 Å². The molecule has 14 heavy (non-hydrogen) atoms. The first-order valence-electron chi connectivity index (χ1n) is 4.26. The number of pyridine rings is 1. The molecule has 78 valence electrons. The fourth-order valence-electron chi connectivity index (χ4n) is 0.786. The predicted molar refractivity (Wildman–Crippen MR) is 53.6 cm³/mol. The van der Waals surface area contributed by atoms with Crippen LogP contribution in [-0.4, -0.2) is 18.4 Å². The summed E-state index contributed by atoms with van der Waals surface area (Å²) >= 11 is 2.96. The third-order valence-electron chi connectivity index (χ3n) is 1.42. The smallest absolute Gasteiger partial charge is 0.216 e. The van der Waals surface area contributed by atoms with Crippen LogP contribution in [0.15, 0.2) is 16.7 Å². The van der Waals surface area contributed by atoms with Crippen LogP contribution in [-0.2, 0) is 4.74 Å². The van der Waals surface area contributed by atoms with Crippen molar-refractivity contribution < 1.29 is 13.9 Å². The maximum absolute atomic E-state index is 12.7. The highest BCUT2D eigenvalue weighted by Gasteiger charge is 2.02. The van der Waals surface area contributed by atoms with Crippen molar-refractivity contribution in [2.24, 2.45) is 0 Å². The number of hydrogen-bond donors (Lipinski definition) is 0. The fourth-order valence-corrected chi connectivity index (χ4v) is 1.09. The highest BCUT2D eigenvalue weighted by Crippen LogP contribution is 2.16. The summed E-state index contributed by atoms with van der Waals surface area (Å²) in [6.45, 7) is 2.79. The van der Waals surface area contributed by atoms with Crippen LogP contribution in [0, 0.1) is 5.82 Å². The first kappa shape index (κ1) is 11.4. The zero-order valence-electron chi connectivity index (χ0n) is 7.80. The second-order valence-electron chi connectivity index (χ2n) is 2.59. The Balaban J connectivity index is 2.39. The Morgan fingerprint density at radius 1 is 1.50 bits per heavy atom. The van der Waals surface area contributed by atoms with Crippen molar-refractivity contribution in [2.45, 2.75) is 13.3 Å². The van der Waals surface area contributed by atoms with E-state index in [0.29, 0.717) is 12.5 Å². The monoisotopic (exact) mass is 263 g/mol. The standard InChI is InChI=1S/C9H11BrFNO2/c1-2-5-13-6-14-8-4-3-7(11)9(10)12-8/h3-4H,2,5-6H2,1H3. The molecule has 0 bridgehead atoms. The largest absolute Gasteiger partial charge is 0.451 e. The quantitative estimate of drug-likeness (QED) is 0.465. The molecule has 0 aliphatic rings. The molecule has 3 nitrogen and oxygen atoms in total. The molecule has 0 aliphatic carbocycles. The van der Waals surface area contributed by atoms with Gasteiger partial charge in [0.05, 0.1) is 6.61 Å². The Morgan fingerprint density at radius 2 is 2.29 bits per heavy atom. The lowest BCUT2D eigenvalue weighted by Crippen LogP contribution is -2.04. The van der Waals surface area contributed by atoms with Gasteiger partial charge in [-0.1, -0.05) is 6.92 Å². The highest BCUT2D eigenvalue weighted by atomic mass is 79.9. The molecule has 0 saturated carbocycles. The Labute approximate surface area is 90.4 Å². The van der Waals surface area contributed by atoms with Gasteiger partial charge in [-0.05, 0) is 28.4 Å². The van der Waals surface area contributed by atoms with E-state index in [1.807, 2.05) is 6.92 Å². The Kier molecular flexibility index (Phi) is 4.82. The van der Waals surface area contributed by atoms with Crippen LogP contribution in [0.25, 0.3) is 0 Å². The average Bonchev–Trinajstić information content (AvgIpc) is 2.18. The van der Waals surface area contributed by atoms with Crippen molar-refractivity contribution in [1.82, 2.24) is 4.98 Å². The van der Waals surface area contributed by atoms with Gasteiger partial charge in [-0.2, -0.15) is 0 Å². The SMILES string of the molecule is CCCOCOc1ccc(F)c(Br)n1. The summed E-state index contributed by atoms with van der Waals surface area (Å²) in [6.07, 6.45) is 0.934. The average molecular weight is 264 g/mol. The predicted octanol–water partition coefficient (Wildman–Crippen LogP) is 2.75. The molecule has 0 unspecified atom stereocenters. The third kappa shape index (κ3) is 3.59. The van der Waals surface area contributed by atoms with Crippen LogP contribution in [0.4, 0.5) is 4.39 Å². The zero-order chi connectivity index (χ0) is 10.4. The van der Waals surface area contributed by atoms with Gasteiger partial charge in [0.15, 0.2) is 12.6 Å². The summed E-state index contributed by atoms with van der Waals surface area (Å²) in [5, 5.41) is 0. The maximum Gasteiger partial charge on any atom is 0.216 e. The van der Waals surface area contributed by atoms with Crippen molar-refractivity contribution >= 4 is 15.9 Å². The lowest BCUT2D eigenvalue weighted by molar-refractivity contribution is 0.0129. The summed E-state index contributed by atoms with van der Waals surface area (Å²) in [6, 6.07) is 2.74. The Bertz CT molecular complexity index is 296. The number of nitrogens with zero attached hydrogens (tertiary/aromatic N) is 1. The zero-order valence-corrected chi connectivity index (χ0v) is 9.38. The first-order chi connectivity index (χ1) is 6.74. The second-order valence-corrected chi connectivity index (χ2v) is 3.34. The number of rotatable bonds is 5. The van der Waals surface area contributed by atoms with Crippen LogP contribution in [0.2, 0.25) is 0 Å². The first-order valence-corrected chi connectivity index (χ1v) is 5.06. The van der Waals surface area contributed by atoms with Crippen molar-refractivity contribution in [1.29, 1.82) is 0 Å². The van der Waals surface area contributed by atoms with Gasteiger partial charge in [0, 0.05) is 6.07 Å². The fraction of sp³-hybridized carbons (Fsp3) is 0.444. The van der Waals surface area contributed by atoms with Crippen molar-refractivity contribution in [3.63, 3.8) is 0 Å². The van der Waals surface area contributed by atoms with Crippen LogP contribution in [0.1, 0.15) is 13.3 Å². The van der Waals surface area contributed by atoms with Crippen LogP contribution in [0.3, 0.4) is 0 Å². The van der Waals surface area contributed by atoms with Gasteiger partial charge in [0.1, 0.15) is 4.60 Å². The van der Waals surface area contributed by atoms with Crippen LogP contribution >= 0.6 is 15.9 Å². The van der Waals surface area contributed by atoms with Crippen LogP contribution in [0.5, 0.6) is 5.88 Å². The van der Waals surface area contributed by atoms with E-state index in [0.717, 1.165) is 6.42 Å². The molecule has 0 spiro atoms. The molecule has 1 heterocycles. The molecule has 0 aliphatic heterocycles. The molecule has 0 fully saturated rings. The summed E-state index contributed by atoms with van der Waals surface area (Å²) in [5.41, 5.74) is 0. The molecule has 0 aromatic carbocycles. The highest BCUT2D eigenvalue weighted by molar-refractivity contribution is 9.10. The molecule has 1 aromatic rings. The number of hydrogen-bond acceptors (Lipinski definition) is 3. The summed E-state index contributed by atoms with van der Waals surface area (Å²) < 4.78 is 23.1. The van der Waals surface area contributed by atoms with E-state index in [9.17, 15) is 4.39 Å². The van der Waals surface area contributed by atoms with E-state index < -0.39 is 5.82 Å². The molecule has 0 atom stereocenters. The lowest BCUT2D eigenvalue weighted by atomic mass is 10.5. The van der Waals surface area contributed by atoms with Crippen molar-refractivity contribution in [3.05, 3.63) is 22.6 Å². The Morgan fingerprint density at radius 3 is 2.93 bits per heavy atom. The van der Waals surface area contributed by atoms with Crippen molar-refractivity contribution in [3.8, 4) is 5.88 Å². The van der Waals surface area contributed by atoms with Gasteiger partial charge in [0.25, 0.3) is 0 Å². The molecule has 0 saturated heterocycles. The van der Waals surface area contributed by atoms with Gasteiger partial charge in [0.2, 0.25) is 5.88 Å². The molecule has 0 N–H and O–H groups in total. The number of halogens is 2. The molecular weight excluding hydrogens is 253 g/mol. The van der Waals surface area contributed by atoms with Gasteiger partial charge in [-0.15, -0.1) is 0 Å². The van der Waals surface area contributed by atoms with E-state index in [2.05, 4.69) is 20.9 Å². The molecule has 0 radical (unpaired) electrons. The minimum atomic E-state index is -0.410. The summed E-state index contributed by atoms with van der Waals surface area (Å²) in [4.78, 5) is 3.81. The van der Waals surface area contributed by atoms with E-state index >= 15 is 0 Å². The molecular formula is C9H11BrFNO2. The summed E-state index contributed by atoms with van der Waals surface area (Å²) in [7, 11) is 0. The van der Waals surface area contributed by atoms with Crippen LogP contribution < -0.4 is 4.74 Å². The number of aromatic nitrogens is 1. The lowest BCUT2D eigenvalue weighted by Gasteiger charge is -2.05. The topological polar surface area (TPSA) is 31.4 Å². The van der Waals surface area contributed by atoms with Gasteiger partial charge >= 0.3 is 0 Å². The van der Waals surface area contributed by atoms with E-state index in [4.69, 9.17) is 9.47 Å². The van der Waals surface area contributed by atoms with Gasteiger partial charge in [-0.25, -0.2) is 9.37 Å². The van der Waals surface area contributed by atoms with E-state index in [-0.39, 0.29) is 11.4 Å². The minimum absolute atomic E-state index is 0.138. The van der Waals surface area contributed by atoms with E-state index in [1.54, 1.807) is 0 Å². The molecule has 1 rings (SSSR count). The number of ether oxygens (including phenoxy) is 2. The third-order valence-corrected chi connectivity index (χ3v) is 1.97. The normalized spacial score (nSPS) is 10.2.